The fourth-order valence-corrected chi connectivity index (χ4v) is 1.76. The van der Waals surface area contributed by atoms with Gasteiger partial charge in [-0.3, -0.25) is 4.79 Å². The molecular formula is C13H16F2N2O3. The van der Waals surface area contributed by atoms with Gasteiger partial charge in [0.05, 0.1) is 18.4 Å². The van der Waals surface area contributed by atoms with Crippen molar-refractivity contribution >= 4 is 17.6 Å². The smallest absolute Gasteiger partial charge is 0.340 e. The molecule has 1 amide bonds. The first-order valence-electron chi connectivity index (χ1n) is 5.81. The van der Waals surface area contributed by atoms with E-state index in [-0.39, 0.29) is 12.1 Å². The van der Waals surface area contributed by atoms with Gasteiger partial charge in [0.25, 0.3) is 0 Å². The minimum Gasteiger partial charge on any atom is -0.465 e. The quantitative estimate of drug-likeness (QED) is 0.809. The molecular weight excluding hydrogens is 270 g/mol. The molecule has 0 aliphatic carbocycles. The fourth-order valence-electron chi connectivity index (χ4n) is 1.76. The van der Waals surface area contributed by atoms with E-state index in [2.05, 4.69) is 10.1 Å². The normalized spacial score (nSPS) is 11.1. The predicted molar refractivity (Wildman–Crippen MR) is 69.2 cm³/mol. The zero-order valence-electron chi connectivity index (χ0n) is 11.4. The molecule has 0 radical (unpaired) electrons. The third kappa shape index (κ3) is 3.66. The Hall–Kier alpha value is -2.18. The fraction of sp³-hybridized carbons (Fsp3) is 0.385. The van der Waals surface area contributed by atoms with Gasteiger partial charge >= 0.3 is 5.97 Å². The second-order valence-corrected chi connectivity index (χ2v) is 4.93. The molecule has 0 heterocycles. The van der Waals surface area contributed by atoms with E-state index >= 15 is 0 Å². The number of carbonyl (C=O) groups excluding carboxylic acids is 2. The molecule has 5 nitrogen and oxygen atoms in total. The van der Waals surface area contributed by atoms with Gasteiger partial charge in [-0.05, 0) is 26.0 Å². The van der Waals surface area contributed by atoms with Crippen LogP contribution in [0.3, 0.4) is 0 Å². The summed E-state index contributed by atoms with van der Waals surface area (Å²) in [7, 11) is 1.07. The van der Waals surface area contributed by atoms with Crippen molar-refractivity contribution in [2.45, 2.75) is 25.8 Å². The number of rotatable bonds is 5. The molecule has 1 aromatic carbocycles. The van der Waals surface area contributed by atoms with E-state index in [1.165, 1.54) is 6.07 Å². The molecule has 0 aliphatic rings. The molecule has 0 fully saturated rings. The van der Waals surface area contributed by atoms with Gasteiger partial charge in [0.1, 0.15) is 0 Å². The summed E-state index contributed by atoms with van der Waals surface area (Å²) in [5, 5.41) is 2.67. The number of nitrogens with one attached hydrogen (secondary N) is 1. The molecule has 20 heavy (non-hydrogen) atoms. The van der Waals surface area contributed by atoms with E-state index in [0.29, 0.717) is 0 Å². The first-order valence-corrected chi connectivity index (χ1v) is 5.81. The summed E-state index contributed by atoms with van der Waals surface area (Å²) in [6, 6.07) is 2.31. The lowest BCUT2D eigenvalue weighted by molar-refractivity contribution is -0.118. The van der Waals surface area contributed by atoms with Gasteiger partial charge in [-0.25, -0.2) is 13.6 Å². The number of esters is 1. The van der Waals surface area contributed by atoms with Crippen molar-refractivity contribution in [3.63, 3.8) is 0 Å². The van der Waals surface area contributed by atoms with E-state index in [9.17, 15) is 18.4 Å². The third-order valence-corrected chi connectivity index (χ3v) is 2.58. The SMILES string of the molecule is COC(=O)c1ccc(NC(C)(C)CC(N)=O)c(F)c1F. The summed E-state index contributed by atoms with van der Waals surface area (Å²) >= 11 is 0. The highest BCUT2D eigenvalue weighted by Crippen LogP contribution is 2.25. The molecule has 0 aliphatic heterocycles. The van der Waals surface area contributed by atoms with Crippen LogP contribution in [0.15, 0.2) is 12.1 Å². The molecule has 3 N–H and O–H groups in total. The monoisotopic (exact) mass is 286 g/mol. The van der Waals surface area contributed by atoms with Crippen molar-refractivity contribution in [2.24, 2.45) is 5.73 Å². The number of hydrogen-bond donors (Lipinski definition) is 2. The average Bonchev–Trinajstić information content (AvgIpc) is 2.32. The van der Waals surface area contributed by atoms with Crippen LogP contribution < -0.4 is 11.1 Å². The number of anilines is 1. The molecule has 0 saturated heterocycles. The van der Waals surface area contributed by atoms with Gasteiger partial charge in [-0.15, -0.1) is 0 Å². The van der Waals surface area contributed by atoms with Crippen LogP contribution in [0, 0.1) is 11.6 Å². The number of halogens is 2. The Morgan fingerprint density at radius 2 is 1.90 bits per heavy atom. The lowest BCUT2D eigenvalue weighted by Crippen LogP contribution is -2.36. The number of amides is 1. The number of hydrogen-bond acceptors (Lipinski definition) is 4. The maximum absolute atomic E-state index is 13.9. The van der Waals surface area contributed by atoms with E-state index < -0.39 is 34.6 Å². The van der Waals surface area contributed by atoms with Gasteiger partial charge in [-0.1, -0.05) is 0 Å². The highest BCUT2D eigenvalue weighted by atomic mass is 19.2. The molecule has 0 unspecified atom stereocenters. The number of nitrogens with two attached hydrogens (primary N) is 1. The second-order valence-electron chi connectivity index (χ2n) is 4.93. The Kier molecular flexibility index (Phi) is 4.65. The Morgan fingerprint density at radius 3 is 2.40 bits per heavy atom. The van der Waals surface area contributed by atoms with Crippen LogP contribution in [0.2, 0.25) is 0 Å². The van der Waals surface area contributed by atoms with Crippen LogP contribution in [0.4, 0.5) is 14.5 Å². The number of methoxy groups -OCH3 is 1. The van der Waals surface area contributed by atoms with E-state index in [1.807, 2.05) is 0 Å². The zero-order valence-corrected chi connectivity index (χ0v) is 11.4. The molecule has 0 bridgehead atoms. The first-order chi connectivity index (χ1) is 9.18. The molecule has 1 aromatic rings. The van der Waals surface area contributed by atoms with Gasteiger partial charge in [0, 0.05) is 12.0 Å². The van der Waals surface area contributed by atoms with Crippen molar-refractivity contribution in [1.29, 1.82) is 0 Å². The lowest BCUT2D eigenvalue weighted by Gasteiger charge is -2.26. The van der Waals surface area contributed by atoms with Crippen molar-refractivity contribution in [3.8, 4) is 0 Å². The highest BCUT2D eigenvalue weighted by molar-refractivity contribution is 5.90. The van der Waals surface area contributed by atoms with Crippen molar-refractivity contribution in [2.75, 3.05) is 12.4 Å². The summed E-state index contributed by atoms with van der Waals surface area (Å²) < 4.78 is 31.9. The Morgan fingerprint density at radius 1 is 1.30 bits per heavy atom. The summed E-state index contributed by atoms with van der Waals surface area (Å²) in [6.45, 7) is 3.23. The van der Waals surface area contributed by atoms with E-state index in [1.54, 1.807) is 13.8 Å². The zero-order chi connectivity index (χ0) is 15.5. The third-order valence-electron chi connectivity index (χ3n) is 2.58. The molecule has 1 rings (SSSR count). The van der Waals surface area contributed by atoms with Crippen molar-refractivity contribution in [3.05, 3.63) is 29.3 Å². The average molecular weight is 286 g/mol. The summed E-state index contributed by atoms with van der Waals surface area (Å²) in [6.07, 6.45) is -0.0627. The second kappa shape index (κ2) is 5.85. The summed E-state index contributed by atoms with van der Waals surface area (Å²) in [5.74, 6) is -4.07. The highest BCUT2D eigenvalue weighted by Gasteiger charge is 2.25. The van der Waals surface area contributed by atoms with Gasteiger partial charge in [-0.2, -0.15) is 0 Å². The Balaban J connectivity index is 3.07. The van der Waals surface area contributed by atoms with Crippen LogP contribution in [-0.2, 0) is 9.53 Å². The number of ether oxygens (including phenoxy) is 1. The van der Waals surface area contributed by atoms with Crippen molar-refractivity contribution < 1.29 is 23.1 Å². The number of primary amides is 1. The minimum absolute atomic E-state index is 0.0627. The van der Waals surface area contributed by atoms with Gasteiger partial charge < -0.3 is 15.8 Å². The maximum atomic E-state index is 13.9. The molecule has 0 atom stereocenters. The van der Waals surface area contributed by atoms with Crippen molar-refractivity contribution in [1.82, 2.24) is 0 Å². The molecule has 0 saturated carbocycles. The Labute approximate surface area is 115 Å². The number of benzene rings is 1. The predicted octanol–water partition coefficient (Wildman–Crippen LogP) is 1.82. The largest absolute Gasteiger partial charge is 0.465 e. The topological polar surface area (TPSA) is 81.4 Å². The molecule has 7 heteroatoms. The van der Waals surface area contributed by atoms with Crippen LogP contribution in [-0.4, -0.2) is 24.5 Å². The van der Waals surface area contributed by atoms with Gasteiger partial charge in [0.2, 0.25) is 5.91 Å². The first kappa shape index (κ1) is 15.9. The Bertz CT molecular complexity index is 545. The van der Waals surface area contributed by atoms with Gasteiger partial charge in [0.15, 0.2) is 11.6 Å². The van der Waals surface area contributed by atoms with Crippen LogP contribution in [0.5, 0.6) is 0 Å². The summed E-state index contributed by atoms with van der Waals surface area (Å²) in [5.41, 5.74) is 3.56. The maximum Gasteiger partial charge on any atom is 0.340 e. The summed E-state index contributed by atoms with van der Waals surface area (Å²) in [4.78, 5) is 22.1. The van der Waals surface area contributed by atoms with E-state index in [4.69, 9.17) is 5.73 Å². The van der Waals surface area contributed by atoms with Crippen LogP contribution in [0.1, 0.15) is 30.6 Å². The standard InChI is InChI=1S/C13H16F2N2O3/c1-13(2,6-9(16)18)17-8-5-4-7(12(19)20-3)10(14)11(8)15/h4-5,17H,6H2,1-3H3,(H2,16,18). The minimum atomic E-state index is -1.31. The van der Waals surface area contributed by atoms with Crippen LogP contribution in [0.25, 0.3) is 0 Å². The molecule has 0 aromatic heterocycles. The molecule has 110 valence electrons. The molecule has 0 spiro atoms. The van der Waals surface area contributed by atoms with E-state index in [0.717, 1.165) is 13.2 Å². The lowest BCUT2D eigenvalue weighted by atomic mass is 9.99. The van der Waals surface area contributed by atoms with Crippen LogP contribution >= 0.6 is 0 Å². The number of carbonyl (C=O) groups is 2.